The van der Waals surface area contributed by atoms with Gasteiger partial charge < -0.3 is 25.0 Å². The van der Waals surface area contributed by atoms with E-state index in [4.69, 9.17) is 26.0 Å². The second-order valence-corrected chi connectivity index (χ2v) is 7.69. The predicted octanol–water partition coefficient (Wildman–Crippen LogP) is 4.27. The van der Waals surface area contributed by atoms with Gasteiger partial charge in [-0.2, -0.15) is 0 Å². The van der Waals surface area contributed by atoms with Crippen LogP contribution < -0.4 is 15.4 Å². The fourth-order valence-corrected chi connectivity index (χ4v) is 3.34. The molecule has 9 nitrogen and oxygen atoms in total. The van der Waals surface area contributed by atoms with E-state index in [1.165, 1.54) is 12.2 Å². The summed E-state index contributed by atoms with van der Waals surface area (Å²) >= 11 is 6.43. The van der Waals surface area contributed by atoms with Crippen LogP contribution in [0.15, 0.2) is 83.8 Å². The van der Waals surface area contributed by atoms with Gasteiger partial charge >= 0.3 is 0 Å². The Balaban J connectivity index is 1.43. The molecule has 0 atom stereocenters. The van der Waals surface area contributed by atoms with E-state index < -0.39 is 0 Å². The number of amides is 1. The number of aromatic nitrogens is 3. The van der Waals surface area contributed by atoms with E-state index in [-0.39, 0.29) is 19.1 Å². The number of pyridine rings is 2. The molecule has 0 spiro atoms. The number of nitrogens with one attached hydrogen (secondary N) is 2. The first-order valence-electron chi connectivity index (χ1n) is 10.7. The summed E-state index contributed by atoms with van der Waals surface area (Å²) in [6.45, 7) is 0.287. The smallest absolute Gasteiger partial charge is 0.244 e. The Morgan fingerprint density at radius 3 is 2.86 bits per heavy atom. The first-order valence-corrected chi connectivity index (χ1v) is 11.0. The first-order chi connectivity index (χ1) is 17.1. The maximum atomic E-state index is 11.7. The van der Waals surface area contributed by atoms with Gasteiger partial charge in [-0.25, -0.2) is 0 Å². The quantitative estimate of drug-likeness (QED) is 0.281. The minimum absolute atomic E-state index is 0.177. The largest absolute Gasteiger partial charge is 0.486 e. The molecule has 3 aromatic heterocycles. The monoisotopic (exact) mass is 491 g/mol. The number of aliphatic hydroxyl groups excluding tert-OH is 1. The number of ether oxygens (including phenoxy) is 1. The van der Waals surface area contributed by atoms with Crippen LogP contribution in [0.5, 0.6) is 5.75 Å². The molecule has 4 rings (SSSR count). The topological polar surface area (TPSA) is 122 Å². The molecule has 0 aliphatic rings. The van der Waals surface area contributed by atoms with Crippen molar-refractivity contribution >= 4 is 28.9 Å². The molecule has 0 radical (unpaired) electrons. The van der Waals surface area contributed by atoms with Crippen molar-refractivity contribution in [3.05, 3.63) is 95.7 Å². The van der Waals surface area contributed by atoms with Crippen molar-refractivity contribution < 1.29 is 19.2 Å². The van der Waals surface area contributed by atoms with E-state index in [1.54, 1.807) is 42.9 Å². The van der Waals surface area contributed by atoms with Gasteiger partial charge in [-0.05, 0) is 36.4 Å². The lowest BCUT2D eigenvalue weighted by atomic mass is 10.1. The van der Waals surface area contributed by atoms with E-state index in [1.807, 2.05) is 24.3 Å². The molecule has 0 fully saturated rings. The van der Waals surface area contributed by atoms with Gasteiger partial charge in [0, 0.05) is 36.4 Å². The minimum atomic E-state index is -0.336. The van der Waals surface area contributed by atoms with Crippen molar-refractivity contribution in [1.82, 2.24) is 20.4 Å². The fourth-order valence-electron chi connectivity index (χ4n) is 3.10. The number of anilines is 2. The number of hydrogen-bond acceptors (Lipinski definition) is 8. The Morgan fingerprint density at radius 2 is 2.06 bits per heavy atom. The van der Waals surface area contributed by atoms with Crippen LogP contribution in [0.4, 0.5) is 11.4 Å². The summed E-state index contributed by atoms with van der Waals surface area (Å²) in [5, 5.41) is 19.2. The highest BCUT2D eigenvalue weighted by molar-refractivity contribution is 6.32. The van der Waals surface area contributed by atoms with Gasteiger partial charge in [0.15, 0.2) is 5.76 Å². The summed E-state index contributed by atoms with van der Waals surface area (Å²) in [5.41, 5.74) is 3.51. The van der Waals surface area contributed by atoms with Crippen LogP contribution in [0.2, 0.25) is 5.02 Å². The van der Waals surface area contributed by atoms with Gasteiger partial charge in [-0.15, -0.1) is 0 Å². The van der Waals surface area contributed by atoms with Crippen molar-refractivity contribution in [2.75, 3.05) is 11.9 Å². The Bertz CT molecular complexity index is 1310. The van der Waals surface area contributed by atoms with Crippen molar-refractivity contribution in [3.63, 3.8) is 0 Å². The molecule has 10 heteroatoms. The summed E-state index contributed by atoms with van der Waals surface area (Å²) in [4.78, 5) is 20.1. The molecular formula is C25H22ClN5O4. The van der Waals surface area contributed by atoms with E-state index >= 15 is 0 Å². The number of halogens is 1. The third-order valence-corrected chi connectivity index (χ3v) is 5.07. The molecule has 35 heavy (non-hydrogen) atoms. The molecule has 0 aliphatic heterocycles. The molecule has 4 aromatic rings. The molecule has 0 saturated carbocycles. The van der Waals surface area contributed by atoms with Crippen molar-refractivity contribution in [3.8, 4) is 17.1 Å². The summed E-state index contributed by atoms with van der Waals surface area (Å²) in [5.74, 6) is 0.697. The predicted molar refractivity (Wildman–Crippen MR) is 131 cm³/mol. The third-order valence-electron chi connectivity index (χ3n) is 4.78. The molecule has 0 saturated heterocycles. The van der Waals surface area contributed by atoms with Crippen LogP contribution in [0.3, 0.4) is 0 Å². The highest BCUT2D eigenvalue weighted by Crippen LogP contribution is 2.33. The molecule has 1 aromatic carbocycles. The van der Waals surface area contributed by atoms with E-state index in [0.29, 0.717) is 34.4 Å². The molecule has 0 aliphatic carbocycles. The van der Waals surface area contributed by atoms with E-state index in [0.717, 1.165) is 17.1 Å². The van der Waals surface area contributed by atoms with Crippen LogP contribution in [0.1, 0.15) is 11.4 Å². The SMILES string of the molecule is O=C(/C=C\CO)NCc1cc(-c2cnccc2Nc2ccc(OCc3ccccn3)c(Cl)c2)on1. The lowest BCUT2D eigenvalue weighted by Crippen LogP contribution is -2.20. The average Bonchev–Trinajstić information content (AvgIpc) is 3.35. The molecular weight excluding hydrogens is 470 g/mol. The van der Waals surface area contributed by atoms with Crippen molar-refractivity contribution in [2.45, 2.75) is 13.2 Å². The fraction of sp³-hybridized carbons (Fsp3) is 0.120. The second-order valence-electron chi connectivity index (χ2n) is 7.29. The normalized spacial score (nSPS) is 10.9. The average molecular weight is 492 g/mol. The number of aliphatic hydroxyl groups is 1. The number of nitrogens with zero attached hydrogens (tertiary/aromatic N) is 3. The molecule has 178 valence electrons. The van der Waals surface area contributed by atoms with Crippen molar-refractivity contribution in [1.29, 1.82) is 0 Å². The van der Waals surface area contributed by atoms with Crippen LogP contribution in [0, 0.1) is 0 Å². The first kappa shape index (κ1) is 23.9. The molecule has 0 unspecified atom stereocenters. The van der Waals surface area contributed by atoms with E-state index in [2.05, 4.69) is 25.8 Å². The van der Waals surface area contributed by atoms with Gasteiger partial charge in [0.1, 0.15) is 18.1 Å². The lowest BCUT2D eigenvalue weighted by Gasteiger charge is -2.12. The Hall–Kier alpha value is -4.21. The number of rotatable bonds is 10. The molecule has 3 heterocycles. The summed E-state index contributed by atoms with van der Waals surface area (Å²) in [7, 11) is 0. The Morgan fingerprint density at radius 1 is 1.14 bits per heavy atom. The van der Waals surface area contributed by atoms with Crippen LogP contribution >= 0.6 is 11.6 Å². The van der Waals surface area contributed by atoms with Gasteiger partial charge in [0.25, 0.3) is 0 Å². The van der Waals surface area contributed by atoms with Crippen LogP contribution in [-0.4, -0.2) is 32.7 Å². The highest BCUT2D eigenvalue weighted by atomic mass is 35.5. The zero-order valence-corrected chi connectivity index (χ0v) is 19.3. The van der Waals surface area contributed by atoms with Gasteiger partial charge in [0.05, 0.1) is 35.1 Å². The summed E-state index contributed by atoms with van der Waals surface area (Å²) in [6.07, 6.45) is 7.63. The van der Waals surface area contributed by atoms with Gasteiger partial charge in [-0.1, -0.05) is 28.9 Å². The van der Waals surface area contributed by atoms with Crippen molar-refractivity contribution in [2.24, 2.45) is 0 Å². The summed E-state index contributed by atoms with van der Waals surface area (Å²) in [6, 6.07) is 14.6. The highest BCUT2D eigenvalue weighted by Gasteiger charge is 2.13. The Labute approximate surface area is 206 Å². The maximum absolute atomic E-state index is 11.7. The zero-order chi connectivity index (χ0) is 24.5. The standard InChI is InChI=1S/C25H22ClN5O4/c26-21-12-17(6-7-23(21)34-16-18-4-1-2-9-28-18)30-22-8-10-27-15-20(22)24-13-19(31-35-24)14-29-25(33)5-3-11-32/h1-10,12-13,15,32H,11,14,16H2,(H,27,30)(H,29,33)/b5-3-. The van der Waals surface area contributed by atoms with Gasteiger partial charge in [0.2, 0.25) is 5.91 Å². The number of carbonyl (C=O) groups excluding carboxylic acids is 1. The second kappa shape index (κ2) is 11.8. The maximum Gasteiger partial charge on any atom is 0.244 e. The molecule has 1 amide bonds. The molecule has 3 N–H and O–H groups in total. The van der Waals surface area contributed by atoms with Crippen LogP contribution in [-0.2, 0) is 17.9 Å². The van der Waals surface area contributed by atoms with Crippen LogP contribution in [0.25, 0.3) is 11.3 Å². The third kappa shape index (κ3) is 6.66. The number of carbonyl (C=O) groups is 1. The number of benzene rings is 1. The van der Waals surface area contributed by atoms with Gasteiger partial charge in [-0.3, -0.25) is 14.8 Å². The minimum Gasteiger partial charge on any atom is -0.486 e. The number of hydrogen-bond donors (Lipinski definition) is 3. The summed E-state index contributed by atoms with van der Waals surface area (Å²) < 4.78 is 11.3. The molecule has 0 bridgehead atoms. The van der Waals surface area contributed by atoms with E-state index in [9.17, 15) is 4.79 Å². The zero-order valence-electron chi connectivity index (χ0n) is 18.5. The lowest BCUT2D eigenvalue weighted by molar-refractivity contribution is -0.116. The Kier molecular flexibility index (Phi) is 8.05.